The highest BCUT2D eigenvalue weighted by atomic mass is 35.5. The molecule has 7 nitrogen and oxygen atoms in total. The van der Waals surface area contributed by atoms with E-state index in [4.69, 9.17) is 16.3 Å². The van der Waals surface area contributed by atoms with Gasteiger partial charge in [-0.3, -0.25) is 9.69 Å². The molecule has 2 aromatic rings. The van der Waals surface area contributed by atoms with Crippen LogP contribution in [0.15, 0.2) is 48.5 Å². The van der Waals surface area contributed by atoms with Crippen LogP contribution in [0.25, 0.3) is 0 Å². The van der Waals surface area contributed by atoms with Gasteiger partial charge in [-0.2, -0.15) is 0 Å². The first kappa shape index (κ1) is 23.5. The molecular formula is C25H31ClN4O3. The lowest BCUT2D eigenvalue weighted by Crippen LogP contribution is -2.51. The lowest BCUT2D eigenvalue weighted by atomic mass is 10.1. The van der Waals surface area contributed by atoms with Crippen molar-refractivity contribution in [2.45, 2.75) is 19.4 Å². The fourth-order valence-electron chi connectivity index (χ4n) is 4.31. The van der Waals surface area contributed by atoms with Crippen molar-refractivity contribution < 1.29 is 14.3 Å². The Bertz CT molecular complexity index is 968. The van der Waals surface area contributed by atoms with E-state index < -0.39 is 0 Å². The highest BCUT2D eigenvalue weighted by Gasteiger charge is 2.27. The van der Waals surface area contributed by atoms with Crippen molar-refractivity contribution in [3.8, 4) is 0 Å². The Kier molecular flexibility index (Phi) is 7.85. The second kappa shape index (κ2) is 11.0. The molecule has 2 saturated heterocycles. The summed E-state index contributed by atoms with van der Waals surface area (Å²) >= 11 is 6.01. The molecule has 2 fully saturated rings. The van der Waals surface area contributed by atoms with Crippen molar-refractivity contribution in [3.05, 3.63) is 64.7 Å². The molecule has 0 aromatic heterocycles. The lowest BCUT2D eigenvalue weighted by molar-refractivity contribution is -0.0283. The van der Waals surface area contributed by atoms with Gasteiger partial charge >= 0.3 is 6.03 Å². The van der Waals surface area contributed by atoms with Gasteiger partial charge in [-0.05, 0) is 50.2 Å². The first-order valence-corrected chi connectivity index (χ1v) is 11.9. The molecule has 0 radical (unpaired) electrons. The molecule has 1 N–H and O–H groups in total. The van der Waals surface area contributed by atoms with E-state index in [2.05, 4.69) is 10.2 Å². The van der Waals surface area contributed by atoms with E-state index in [9.17, 15) is 9.59 Å². The Labute approximate surface area is 200 Å². The Morgan fingerprint density at radius 2 is 1.85 bits per heavy atom. The maximum atomic E-state index is 12.9. The van der Waals surface area contributed by atoms with Crippen LogP contribution in [0, 0.1) is 6.92 Å². The molecule has 0 aliphatic carbocycles. The van der Waals surface area contributed by atoms with Crippen molar-refractivity contribution in [2.24, 2.45) is 0 Å². The maximum absolute atomic E-state index is 12.9. The Balaban J connectivity index is 1.27. The summed E-state index contributed by atoms with van der Waals surface area (Å²) in [5, 5.41) is 3.50. The van der Waals surface area contributed by atoms with Crippen molar-refractivity contribution in [1.29, 1.82) is 0 Å². The molecule has 176 valence electrons. The number of rotatable bonds is 4. The fourth-order valence-corrected chi connectivity index (χ4v) is 4.50. The maximum Gasteiger partial charge on any atom is 0.322 e. The van der Waals surface area contributed by atoms with Crippen LogP contribution < -0.4 is 5.32 Å². The summed E-state index contributed by atoms with van der Waals surface area (Å²) in [5.41, 5.74) is 2.57. The van der Waals surface area contributed by atoms with E-state index in [0.29, 0.717) is 37.0 Å². The molecule has 2 aromatic carbocycles. The number of nitrogens with one attached hydrogen (secondary N) is 1. The fraction of sp³-hybridized carbons (Fsp3) is 0.440. The number of morpholine rings is 1. The van der Waals surface area contributed by atoms with Crippen LogP contribution in [-0.4, -0.2) is 85.2 Å². The number of anilines is 1. The number of carbonyl (C=O) groups excluding carboxylic acids is 2. The summed E-state index contributed by atoms with van der Waals surface area (Å²) in [6.07, 6.45) is 0.867. The molecule has 2 aliphatic rings. The molecule has 0 spiro atoms. The third kappa shape index (κ3) is 6.47. The van der Waals surface area contributed by atoms with Crippen LogP contribution in [0.5, 0.6) is 0 Å². The molecule has 8 heteroatoms. The number of ether oxygens (including phenoxy) is 1. The number of hydrogen-bond donors (Lipinski definition) is 1. The number of halogens is 1. The van der Waals surface area contributed by atoms with Crippen molar-refractivity contribution in [2.75, 3.05) is 57.7 Å². The van der Waals surface area contributed by atoms with Gasteiger partial charge < -0.3 is 19.9 Å². The molecule has 2 aliphatic heterocycles. The molecule has 2 heterocycles. The summed E-state index contributed by atoms with van der Waals surface area (Å²) in [5.74, 6) is 0.0922. The Morgan fingerprint density at radius 3 is 2.64 bits per heavy atom. The topological polar surface area (TPSA) is 65.1 Å². The normalized spacial score (nSPS) is 19.8. The second-order valence-electron chi connectivity index (χ2n) is 8.69. The van der Waals surface area contributed by atoms with Crippen molar-refractivity contribution in [3.63, 3.8) is 0 Å². The quantitative estimate of drug-likeness (QED) is 0.739. The van der Waals surface area contributed by atoms with Crippen LogP contribution in [-0.2, 0) is 4.74 Å². The van der Waals surface area contributed by atoms with Crippen LogP contribution >= 0.6 is 11.6 Å². The van der Waals surface area contributed by atoms with E-state index >= 15 is 0 Å². The van der Waals surface area contributed by atoms with Crippen LogP contribution in [0.2, 0.25) is 5.02 Å². The molecule has 4 rings (SSSR count). The third-order valence-electron chi connectivity index (χ3n) is 6.14. The standard InChI is InChI=1S/C25H31ClN4O3/c1-19-6-8-20(9-7-19)24(31)29-11-3-10-28(12-13-29)17-23-18-30(14-15-33-23)25(32)27-22-5-2-4-21(26)16-22/h2,4-9,16,23H,3,10-15,17-18H2,1H3,(H,27,32)/t23-/m1/s1. The van der Waals surface area contributed by atoms with Crippen LogP contribution in [0.3, 0.4) is 0 Å². The van der Waals surface area contributed by atoms with Gasteiger partial charge in [0.25, 0.3) is 5.91 Å². The molecule has 33 heavy (non-hydrogen) atoms. The van der Waals surface area contributed by atoms with Gasteiger partial charge in [-0.15, -0.1) is 0 Å². The average Bonchev–Trinajstić information content (AvgIpc) is 3.05. The minimum atomic E-state index is -0.142. The van der Waals surface area contributed by atoms with Crippen LogP contribution in [0.1, 0.15) is 22.3 Å². The zero-order valence-corrected chi connectivity index (χ0v) is 19.8. The van der Waals surface area contributed by atoms with E-state index in [1.807, 2.05) is 48.2 Å². The molecule has 0 unspecified atom stereocenters. The Morgan fingerprint density at radius 1 is 1.03 bits per heavy atom. The second-order valence-corrected chi connectivity index (χ2v) is 9.13. The SMILES string of the molecule is Cc1ccc(C(=O)N2CCCN(C[C@@H]3CN(C(=O)Nc4cccc(Cl)c4)CCO3)CC2)cc1. The van der Waals surface area contributed by atoms with E-state index in [-0.39, 0.29) is 18.0 Å². The predicted octanol–water partition coefficient (Wildman–Crippen LogP) is 3.73. The molecule has 1 atom stereocenters. The number of amides is 3. The van der Waals surface area contributed by atoms with Crippen LogP contribution in [0.4, 0.5) is 10.5 Å². The van der Waals surface area contributed by atoms with Crippen molar-refractivity contribution >= 4 is 29.2 Å². The van der Waals surface area contributed by atoms with E-state index in [1.165, 1.54) is 0 Å². The minimum Gasteiger partial charge on any atom is -0.373 e. The van der Waals surface area contributed by atoms with Gasteiger partial charge in [0.15, 0.2) is 0 Å². The number of benzene rings is 2. The summed E-state index contributed by atoms with van der Waals surface area (Å²) in [6.45, 7) is 7.52. The summed E-state index contributed by atoms with van der Waals surface area (Å²) in [7, 11) is 0. The summed E-state index contributed by atoms with van der Waals surface area (Å²) in [4.78, 5) is 31.6. The summed E-state index contributed by atoms with van der Waals surface area (Å²) in [6, 6.07) is 14.8. The van der Waals surface area contributed by atoms with Crippen molar-refractivity contribution in [1.82, 2.24) is 14.7 Å². The van der Waals surface area contributed by atoms with Gasteiger partial charge in [0, 0.05) is 55.5 Å². The lowest BCUT2D eigenvalue weighted by Gasteiger charge is -2.35. The molecule has 0 bridgehead atoms. The van der Waals surface area contributed by atoms with Gasteiger partial charge in [-0.1, -0.05) is 35.4 Å². The van der Waals surface area contributed by atoms with E-state index in [0.717, 1.165) is 43.7 Å². The van der Waals surface area contributed by atoms with Gasteiger partial charge in [0.05, 0.1) is 12.7 Å². The first-order chi connectivity index (χ1) is 16.0. The number of aryl methyl sites for hydroxylation is 1. The smallest absolute Gasteiger partial charge is 0.322 e. The molecular weight excluding hydrogens is 440 g/mol. The number of nitrogens with zero attached hydrogens (tertiary/aromatic N) is 3. The molecule has 0 saturated carbocycles. The largest absolute Gasteiger partial charge is 0.373 e. The van der Waals surface area contributed by atoms with Gasteiger partial charge in [-0.25, -0.2) is 4.79 Å². The highest BCUT2D eigenvalue weighted by molar-refractivity contribution is 6.30. The Hall–Kier alpha value is -2.61. The first-order valence-electron chi connectivity index (χ1n) is 11.5. The van der Waals surface area contributed by atoms with E-state index in [1.54, 1.807) is 17.0 Å². The minimum absolute atomic E-state index is 0.0526. The van der Waals surface area contributed by atoms with Gasteiger partial charge in [0.1, 0.15) is 0 Å². The predicted molar refractivity (Wildman–Crippen MR) is 130 cm³/mol. The zero-order valence-electron chi connectivity index (χ0n) is 19.0. The zero-order chi connectivity index (χ0) is 23.2. The number of carbonyl (C=O) groups is 2. The highest BCUT2D eigenvalue weighted by Crippen LogP contribution is 2.17. The average molecular weight is 471 g/mol. The van der Waals surface area contributed by atoms with Gasteiger partial charge in [0.2, 0.25) is 0 Å². The summed E-state index contributed by atoms with van der Waals surface area (Å²) < 4.78 is 5.96. The molecule has 3 amide bonds. The number of urea groups is 1. The third-order valence-corrected chi connectivity index (χ3v) is 6.37. The monoisotopic (exact) mass is 470 g/mol. The number of hydrogen-bond acceptors (Lipinski definition) is 4.